The van der Waals surface area contributed by atoms with Crippen LogP contribution in [-0.2, 0) is 13.6 Å². The molecule has 0 unspecified atom stereocenters. The van der Waals surface area contributed by atoms with E-state index in [9.17, 15) is 0 Å². The zero-order valence-corrected chi connectivity index (χ0v) is 13.9. The van der Waals surface area contributed by atoms with Crippen molar-refractivity contribution in [1.82, 2.24) is 9.88 Å². The van der Waals surface area contributed by atoms with Gasteiger partial charge in [0.15, 0.2) is 0 Å². The monoisotopic (exact) mass is 344 g/mol. The van der Waals surface area contributed by atoms with Crippen molar-refractivity contribution in [1.29, 1.82) is 0 Å². The van der Waals surface area contributed by atoms with E-state index in [1.165, 1.54) is 5.69 Å². The first-order valence-corrected chi connectivity index (χ1v) is 7.36. The number of hydrogen-bond acceptors (Lipinski definition) is 2. The number of nitrogens with one attached hydrogen (secondary N) is 1. The second kappa shape index (κ2) is 5.73. The van der Waals surface area contributed by atoms with Crippen LogP contribution in [0.1, 0.15) is 19.5 Å². The van der Waals surface area contributed by atoms with Crippen molar-refractivity contribution in [3.8, 4) is 5.75 Å². The third-order valence-electron chi connectivity index (χ3n) is 3.20. The predicted molar refractivity (Wildman–Crippen MR) is 84.2 cm³/mol. The van der Waals surface area contributed by atoms with Gasteiger partial charge in [0.2, 0.25) is 0 Å². The molecule has 2 rings (SSSR count). The molecule has 1 N–H and O–H groups in total. The zero-order chi connectivity index (χ0) is 14.2. The van der Waals surface area contributed by atoms with E-state index in [1.54, 1.807) is 7.11 Å². The van der Waals surface area contributed by atoms with Gasteiger partial charge in [-0.1, -0.05) is 25.4 Å². The number of hydrogen-bond donors (Lipinski definition) is 1. The summed E-state index contributed by atoms with van der Waals surface area (Å²) in [6, 6.07) is 4.36. The second-order valence-electron chi connectivity index (χ2n) is 4.86. The van der Waals surface area contributed by atoms with Gasteiger partial charge in [-0.05, 0) is 28.1 Å². The fourth-order valence-corrected chi connectivity index (χ4v) is 3.06. The molecular formula is C14H18BrClN2O. The molecule has 0 radical (unpaired) electrons. The smallest absolute Gasteiger partial charge is 0.138 e. The number of aryl methyl sites for hydroxylation is 1. The number of methoxy groups -OCH3 is 1. The van der Waals surface area contributed by atoms with E-state index < -0.39 is 0 Å². The standard InChI is InChI=1S/C14H18BrClN2O/c1-8(2)17-7-12-14(15)9-5-13(19-4)10(16)6-11(9)18(12)3/h5-6,8,17H,7H2,1-4H3. The minimum Gasteiger partial charge on any atom is -0.495 e. The first-order valence-electron chi connectivity index (χ1n) is 6.19. The van der Waals surface area contributed by atoms with E-state index in [0.29, 0.717) is 16.8 Å². The summed E-state index contributed by atoms with van der Waals surface area (Å²) < 4.78 is 8.52. The maximum Gasteiger partial charge on any atom is 0.138 e. The molecule has 0 saturated heterocycles. The molecule has 5 heteroatoms. The molecule has 0 bridgehead atoms. The number of halogens is 2. The Bertz CT molecular complexity index is 607. The van der Waals surface area contributed by atoms with E-state index >= 15 is 0 Å². The van der Waals surface area contributed by atoms with Gasteiger partial charge in [-0.2, -0.15) is 0 Å². The van der Waals surface area contributed by atoms with Crippen LogP contribution in [0.15, 0.2) is 16.6 Å². The summed E-state index contributed by atoms with van der Waals surface area (Å²) >= 11 is 9.88. The third kappa shape index (κ3) is 2.76. The van der Waals surface area contributed by atoms with Gasteiger partial charge in [0.05, 0.1) is 17.6 Å². The van der Waals surface area contributed by atoms with Crippen molar-refractivity contribution in [2.24, 2.45) is 7.05 Å². The first-order chi connectivity index (χ1) is 8.95. The second-order valence-corrected chi connectivity index (χ2v) is 6.06. The average molecular weight is 346 g/mol. The molecule has 1 aromatic heterocycles. The third-order valence-corrected chi connectivity index (χ3v) is 4.38. The lowest BCUT2D eigenvalue weighted by Crippen LogP contribution is -2.23. The minimum absolute atomic E-state index is 0.447. The Balaban J connectivity index is 2.55. The number of fused-ring (bicyclic) bond motifs is 1. The van der Waals surface area contributed by atoms with Crippen LogP contribution in [-0.4, -0.2) is 17.7 Å². The van der Waals surface area contributed by atoms with E-state index in [-0.39, 0.29) is 0 Å². The number of benzene rings is 1. The van der Waals surface area contributed by atoms with Gasteiger partial charge in [0.1, 0.15) is 5.75 Å². The predicted octanol–water partition coefficient (Wildman–Crippen LogP) is 4.10. The molecule has 0 amide bonds. The molecule has 0 spiro atoms. The SMILES string of the molecule is COc1cc2c(Br)c(CNC(C)C)n(C)c2cc1Cl. The van der Waals surface area contributed by atoms with Crippen LogP contribution in [0.4, 0.5) is 0 Å². The number of rotatable bonds is 4. The number of ether oxygens (including phenoxy) is 1. The van der Waals surface area contributed by atoms with Crippen molar-refractivity contribution < 1.29 is 4.74 Å². The first kappa shape index (κ1) is 14.7. The van der Waals surface area contributed by atoms with Crippen molar-refractivity contribution in [3.05, 3.63) is 27.3 Å². The van der Waals surface area contributed by atoms with Gasteiger partial charge in [-0.3, -0.25) is 0 Å². The van der Waals surface area contributed by atoms with Crippen LogP contribution in [0.5, 0.6) is 5.75 Å². The largest absolute Gasteiger partial charge is 0.495 e. The van der Waals surface area contributed by atoms with Gasteiger partial charge in [0.25, 0.3) is 0 Å². The van der Waals surface area contributed by atoms with Gasteiger partial charge in [0, 0.05) is 35.2 Å². The van der Waals surface area contributed by atoms with Gasteiger partial charge < -0.3 is 14.6 Å². The lowest BCUT2D eigenvalue weighted by atomic mass is 10.2. The zero-order valence-electron chi connectivity index (χ0n) is 11.6. The Hall–Kier alpha value is -0.710. The molecule has 0 aliphatic carbocycles. The number of aromatic nitrogens is 1. The quantitative estimate of drug-likeness (QED) is 0.903. The lowest BCUT2D eigenvalue weighted by molar-refractivity contribution is 0.415. The summed E-state index contributed by atoms with van der Waals surface area (Å²) in [4.78, 5) is 0. The molecule has 104 valence electrons. The van der Waals surface area contributed by atoms with Gasteiger partial charge in [-0.15, -0.1) is 0 Å². The van der Waals surface area contributed by atoms with E-state index in [2.05, 4.69) is 39.7 Å². The van der Waals surface area contributed by atoms with Crippen molar-refractivity contribution in [3.63, 3.8) is 0 Å². The Labute approximate surface area is 127 Å². The Morgan fingerprint density at radius 2 is 2.11 bits per heavy atom. The molecular weight excluding hydrogens is 328 g/mol. The molecule has 1 aromatic carbocycles. The summed E-state index contributed by atoms with van der Waals surface area (Å²) in [5.41, 5.74) is 2.30. The Morgan fingerprint density at radius 1 is 1.42 bits per heavy atom. The van der Waals surface area contributed by atoms with Gasteiger partial charge >= 0.3 is 0 Å². The molecule has 0 fully saturated rings. The molecule has 0 saturated carbocycles. The lowest BCUT2D eigenvalue weighted by Gasteiger charge is -2.10. The van der Waals surface area contributed by atoms with E-state index in [0.717, 1.165) is 21.9 Å². The van der Waals surface area contributed by atoms with Crippen molar-refractivity contribution in [2.75, 3.05) is 7.11 Å². The van der Waals surface area contributed by atoms with Crippen LogP contribution < -0.4 is 10.1 Å². The Kier molecular flexibility index (Phi) is 4.43. The Morgan fingerprint density at radius 3 is 2.68 bits per heavy atom. The summed E-state index contributed by atoms with van der Waals surface area (Å²) in [5, 5.41) is 5.18. The summed E-state index contributed by atoms with van der Waals surface area (Å²) in [7, 11) is 3.68. The van der Waals surface area contributed by atoms with Crippen molar-refractivity contribution >= 4 is 38.4 Å². The van der Waals surface area contributed by atoms with Crippen LogP contribution in [0, 0.1) is 0 Å². The molecule has 2 aromatic rings. The molecule has 19 heavy (non-hydrogen) atoms. The molecule has 0 aliphatic rings. The van der Waals surface area contributed by atoms with Gasteiger partial charge in [-0.25, -0.2) is 0 Å². The van der Waals surface area contributed by atoms with Crippen LogP contribution in [0.2, 0.25) is 5.02 Å². The maximum atomic E-state index is 6.20. The van der Waals surface area contributed by atoms with Crippen LogP contribution in [0.3, 0.4) is 0 Å². The van der Waals surface area contributed by atoms with E-state index in [4.69, 9.17) is 16.3 Å². The normalized spacial score (nSPS) is 11.5. The highest BCUT2D eigenvalue weighted by Crippen LogP contribution is 2.36. The summed E-state index contributed by atoms with van der Waals surface area (Å²) in [5.74, 6) is 0.698. The molecule has 3 nitrogen and oxygen atoms in total. The topological polar surface area (TPSA) is 26.2 Å². The highest BCUT2D eigenvalue weighted by atomic mass is 79.9. The molecule has 0 atom stereocenters. The highest BCUT2D eigenvalue weighted by molar-refractivity contribution is 9.10. The average Bonchev–Trinajstić information content (AvgIpc) is 2.58. The van der Waals surface area contributed by atoms with Crippen molar-refractivity contribution in [2.45, 2.75) is 26.4 Å². The summed E-state index contributed by atoms with van der Waals surface area (Å²) in [6.45, 7) is 5.08. The van der Waals surface area contributed by atoms with E-state index in [1.807, 2.05) is 19.2 Å². The molecule has 1 heterocycles. The maximum absolute atomic E-state index is 6.20. The van der Waals surface area contributed by atoms with Crippen LogP contribution >= 0.6 is 27.5 Å². The summed E-state index contributed by atoms with van der Waals surface area (Å²) in [6.07, 6.45) is 0. The number of nitrogens with zero attached hydrogens (tertiary/aromatic N) is 1. The highest BCUT2D eigenvalue weighted by Gasteiger charge is 2.15. The fraction of sp³-hybridized carbons (Fsp3) is 0.429. The van der Waals surface area contributed by atoms with Crippen LogP contribution in [0.25, 0.3) is 10.9 Å². The fourth-order valence-electron chi connectivity index (χ4n) is 2.10. The minimum atomic E-state index is 0.447. The molecule has 0 aliphatic heterocycles.